The maximum atomic E-state index is 11.2. The van der Waals surface area contributed by atoms with Gasteiger partial charge in [0.05, 0.1) is 35.6 Å². The van der Waals surface area contributed by atoms with Crippen LogP contribution in [0.5, 0.6) is 0 Å². The lowest BCUT2D eigenvalue weighted by atomic mass is 10.2. The van der Waals surface area contributed by atoms with Crippen molar-refractivity contribution in [3.05, 3.63) is 30.1 Å². The van der Waals surface area contributed by atoms with Crippen molar-refractivity contribution in [1.82, 2.24) is 9.55 Å². The van der Waals surface area contributed by atoms with E-state index >= 15 is 0 Å². The molecule has 1 aromatic heterocycles. The molecule has 0 saturated heterocycles. The van der Waals surface area contributed by atoms with Gasteiger partial charge in [-0.1, -0.05) is 6.07 Å². The highest BCUT2D eigenvalue weighted by Crippen LogP contribution is 2.18. The van der Waals surface area contributed by atoms with Gasteiger partial charge in [-0.3, -0.25) is 0 Å². The second kappa shape index (κ2) is 5.81. The number of hydrogen-bond donors (Lipinski definition) is 2. The molecule has 0 aliphatic carbocycles. The minimum Gasteiger partial charge on any atom is -0.478 e. The van der Waals surface area contributed by atoms with Crippen LogP contribution in [0.15, 0.2) is 24.5 Å². The van der Waals surface area contributed by atoms with E-state index in [1.165, 1.54) is 7.11 Å². The summed E-state index contributed by atoms with van der Waals surface area (Å²) in [7, 11) is 1.53. The Kier molecular flexibility index (Phi) is 4.13. The molecule has 0 spiro atoms. The molecule has 0 aliphatic heterocycles. The molecular weight excluding hydrogens is 248 g/mol. The zero-order valence-corrected chi connectivity index (χ0v) is 10.6. The molecule has 2 aromatic rings. The maximum absolute atomic E-state index is 11.2. The first-order chi connectivity index (χ1) is 9.13. The molecule has 1 heterocycles. The average Bonchev–Trinajstić information content (AvgIpc) is 2.79. The summed E-state index contributed by atoms with van der Waals surface area (Å²) < 4.78 is 6.60. The number of nitrogens with zero attached hydrogens (tertiary/aromatic N) is 2. The zero-order chi connectivity index (χ0) is 13.8. The number of para-hydroxylation sites is 1. The number of aromatic nitrogens is 2. The van der Waals surface area contributed by atoms with Crippen LogP contribution in [-0.4, -0.2) is 45.6 Å². The van der Waals surface area contributed by atoms with E-state index in [1.54, 1.807) is 29.1 Å². The van der Waals surface area contributed by atoms with Crippen LogP contribution in [-0.2, 0) is 11.3 Å². The minimum atomic E-state index is -0.982. The Morgan fingerprint density at radius 3 is 3.00 bits per heavy atom. The van der Waals surface area contributed by atoms with Gasteiger partial charge in [0.15, 0.2) is 0 Å². The fourth-order valence-electron chi connectivity index (χ4n) is 2.03. The van der Waals surface area contributed by atoms with Crippen molar-refractivity contribution in [1.29, 1.82) is 0 Å². The van der Waals surface area contributed by atoms with Gasteiger partial charge in [-0.25, -0.2) is 9.78 Å². The van der Waals surface area contributed by atoms with E-state index in [0.717, 1.165) is 0 Å². The van der Waals surface area contributed by atoms with Crippen LogP contribution in [0, 0.1) is 0 Å². The van der Waals surface area contributed by atoms with Gasteiger partial charge in [-0.2, -0.15) is 0 Å². The molecule has 0 saturated carbocycles. The van der Waals surface area contributed by atoms with E-state index in [4.69, 9.17) is 4.74 Å². The molecule has 1 unspecified atom stereocenters. The number of rotatable bonds is 6. The molecule has 1 atom stereocenters. The Hall–Kier alpha value is -1.92. The number of fused-ring (bicyclic) bond motifs is 1. The third kappa shape index (κ3) is 2.91. The van der Waals surface area contributed by atoms with Gasteiger partial charge < -0.3 is 19.5 Å². The quantitative estimate of drug-likeness (QED) is 0.817. The molecule has 0 fully saturated rings. The van der Waals surface area contributed by atoms with Crippen LogP contribution in [0.4, 0.5) is 0 Å². The number of hydrogen-bond acceptors (Lipinski definition) is 4. The van der Waals surface area contributed by atoms with Gasteiger partial charge >= 0.3 is 5.97 Å². The van der Waals surface area contributed by atoms with E-state index in [-0.39, 0.29) is 12.2 Å². The highest BCUT2D eigenvalue weighted by atomic mass is 16.5. The SMILES string of the molecule is COCC(O)CCn1cnc2cccc(C(=O)O)c21. The van der Waals surface area contributed by atoms with Gasteiger partial charge in [0.25, 0.3) is 0 Å². The summed E-state index contributed by atoms with van der Waals surface area (Å²) >= 11 is 0. The largest absolute Gasteiger partial charge is 0.478 e. The summed E-state index contributed by atoms with van der Waals surface area (Å²) in [5, 5.41) is 18.8. The standard InChI is InChI=1S/C13H16N2O4/c1-19-7-9(16)5-6-15-8-14-11-4-2-3-10(12(11)15)13(17)18/h2-4,8-9,16H,5-7H2,1H3,(H,17,18). The number of benzene rings is 1. The molecule has 6 nitrogen and oxygen atoms in total. The highest BCUT2D eigenvalue weighted by Gasteiger charge is 2.13. The predicted molar refractivity (Wildman–Crippen MR) is 69.2 cm³/mol. The molecule has 2 N–H and O–H groups in total. The van der Waals surface area contributed by atoms with Crippen LogP contribution in [0.25, 0.3) is 11.0 Å². The van der Waals surface area contributed by atoms with Crippen molar-refractivity contribution in [3.63, 3.8) is 0 Å². The Balaban J connectivity index is 2.26. The van der Waals surface area contributed by atoms with Crippen molar-refractivity contribution in [2.45, 2.75) is 19.1 Å². The third-order valence-electron chi connectivity index (χ3n) is 2.93. The zero-order valence-electron chi connectivity index (χ0n) is 10.6. The van der Waals surface area contributed by atoms with Crippen molar-refractivity contribution < 1.29 is 19.7 Å². The fraction of sp³-hybridized carbons (Fsp3) is 0.385. The Morgan fingerprint density at radius 2 is 2.32 bits per heavy atom. The minimum absolute atomic E-state index is 0.219. The lowest BCUT2D eigenvalue weighted by Crippen LogP contribution is -2.16. The van der Waals surface area contributed by atoms with Crippen LogP contribution in [0.1, 0.15) is 16.8 Å². The first-order valence-electron chi connectivity index (χ1n) is 5.97. The van der Waals surface area contributed by atoms with Crippen LogP contribution in [0.2, 0.25) is 0 Å². The van der Waals surface area contributed by atoms with E-state index in [2.05, 4.69) is 4.98 Å². The number of aliphatic hydroxyl groups excluding tert-OH is 1. The fourth-order valence-corrected chi connectivity index (χ4v) is 2.03. The second-order valence-corrected chi connectivity index (χ2v) is 4.31. The number of imidazole rings is 1. The molecule has 6 heteroatoms. The summed E-state index contributed by atoms with van der Waals surface area (Å²) in [5.74, 6) is -0.982. The first-order valence-corrected chi connectivity index (χ1v) is 5.97. The summed E-state index contributed by atoms with van der Waals surface area (Å²) in [6, 6.07) is 4.99. The Labute approximate surface area is 110 Å². The van der Waals surface area contributed by atoms with Gasteiger partial charge in [0.2, 0.25) is 0 Å². The Bertz CT molecular complexity index is 579. The molecule has 2 rings (SSSR count). The average molecular weight is 264 g/mol. The molecular formula is C13H16N2O4. The number of carboxylic acids is 1. The van der Waals surface area contributed by atoms with E-state index in [1.807, 2.05) is 0 Å². The van der Waals surface area contributed by atoms with E-state index < -0.39 is 12.1 Å². The van der Waals surface area contributed by atoms with Crippen LogP contribution in [0.3, 0.4) is 0 Å². The topological polar surface area (TPSA) is 84.6 Å². The molecule has 0 amide bonds. The lowest BCUT2D eigenvalue weighted by molar-refractivity contribution is 0.0567. The summed E-state index contributed by atoms with van der Waals surface area (Å²) in [6.45, 7) is 0.754. The molecule has 0 aliphatic rings. The summed E-state index contributed by atoms with van der Waals surface area (Å²) in [6.07, 6.45) is 1.50. The number of methoxy groups -OCH3 is 1. The number of carbonyl (C=O) groups is 1. The van der Waals surface area contributed by atoms with Crippen molar-refractivity contribution in [2.75, 3.05) is 13.7 Å². The summed E-state index contributed by atoms with van der Waals surface area (Å²) in [4.78, 5) is 15.4. The van der Waals surface area contributed by atoms with Crippen molar-refractivity contribution in [3.8, 4) is 0 Å². The molecule has 0 radical (unpaired) electrons. The number of aromatic carboxylic acids is 1. The number of ether oxygens (including phenoxy) is 1. The van der Waals surface area contributed by atoms with E-state index in [9.17, 15) is 15.0 Å². The van der Waals surface area contributed by atoms with Crippen LogP contribution >= 0.6 is 0 Å². The van der Waals surface area contributed by atoms with Crippen molar-refractivity contribution in [2.24, 2.45) is 0 Å². The lowest BCUT2D eigenvalue weighted by Gasteiger charge is -2.11. The highest BCUT2D eigenvalue weighted by molar-refractivity contribution is 6.01. The van der Waals surface area contributed by atoms with Gasteiger partial charge in [0.1, 0.15) is 0 Å². The normalized spacial score (nSPS) is 12.7. The Morgan fingerprint density at radius 1 is 1.53 bits per heavy atom. The number of aryl methyl sites for hydroxylation is 1. The number of carboxylic acid groups (broad SMARTS) is 1. The molecule has 19 heavy (non-hydrogen) atoms. The van der Waals surface area contributed by atoms with Gasteiger partial charge in [-0.15, -0.1) is 0 Å². The number of aliphatic hydroxyl groups is 1. The van der Waals surface area contributed by atoms with Gasteiger partial charge in [-0.05, 0) is 18.6 Å². The van der Waals surface area contributed by atoms with Crippen LogP contribution < -0.4 is 0 Å². The maximum Gasteiger partial charge on any atom is 0.337 e. The monoisotopic (exact) mass is 264 g/mol. The second-order valence-electron chi connectivity index (χ2n) is 4.31. The molecule has 1 aromatic carbocycles. The van der Waals surface area contributed by atoms with E-state index in [0.29, 0.717) is 24.0 Å². The first kappa shape index (κ1) is 13.5. The predicted octanol–water partition coefficient (Wildman–Crippen LogP) is 1.13. The summed E-state index contributed by atoms with van der Waals surface area (Å²) in [5.41, 5.74) is 1.44. The van der Waals surface area contributed by atoms with Crippen molar-refractivity contribution >= 4 is 17.0 Å². The molecule has 102 valence electrons. The smallest absolute Gasteiger partial charge is 0.337 e. The third-order valence-corrected chi connectivity index (χ3v) is 2.93. The van der Waals surface area contributed by atoms with Gasteiger partial charge in [0, 0.05) is 13.7 Å². The molecule has 0 bridgehead atoms.